The predicted molar refractivity (Wildman–Crippen MR) is 39.7 cm³/mol. The van der Waals surface area contributed by atoms with E-state index in [2.05, 4.69) is 15.2 Å². The standard InChI is InChI=1S/C7H9N3O/c1-7(2,8-5-11)6-3-9-10-4-6/h3-4H,1-2H3,(H,9,10). The van der Waals surface area contributed by atoms with Gasteiger partial charge in [0.2, 0.25) is 6.08 Å². The maximum absolute atomic E-state index is 9.99. The van der Waals surface area contributed by atoms with Crippen molar-refractivity contribution in [2.24, 2.45) is 4.99 Å². The number of hydrogen-bond acceptors (Lipinski definition) is 3. The number of nitrogens with zero attached hydrogens (tertiary/aromatic N) is 2. The largest absolute Gasteiger partial charge is 0.285 e. The van der Waals surface area contributed by atoms with Gasteiger partial charge in [0.25, 0.3) is 0 Å². The van der Waals surface area contributed by atoms with Crippen LogP contribution in [0.4, 0.5) is 0 Å². The van der Waals surface area contributed by atoms with E-state index in [1.54, 1.807) is 12.4 Å². The number of aromatic amines is 1. The van der Waals surface area contributed by atoms with E-state index in [4.69, 9.17) is 0 Å². The molecule has 0 aliphatic carbocycles. The highest BCUT2D eigenvalue weighted by atomic mass is 16.1. The third-order valence-corrected chi connectivity index (χ3v) is 1.53. The van der Waals surface area contributed by atoms with E-state index in [1.165, 1.54) is 6.08 Å². The summed E-state index contributed by atoms with van der Waals surface area (Å²) in [4.78, 5) is 13.6. The maximum Gasteiger partial charge on any atom is 0.235 e. The monoisotopic (exact) mass is 151 g/mol. The molecule has 0 saturated carbocycles. The molecule has 0 fully saturated rings. The van der Waals surface area contributed by atoms with Crippen LogP contribution in [0.5, 0.6) is 0 Å². The molecule has 0 atom stereocenters. The van der Waals surface area contributed by atoms with E-state index in [0.29, 0.717) is 0 Å². The SMILES string of the molecule is CC(C)(N=C=O)c1cn[nH]c1. The van der Waals surface area contributed by atoms with Crippen molar-refractivity contribution in [2.45, 2.75) is 19.4 Å². The molecular formula is C7H9N3O. The first kappa shape index (κ1) is 7.69. The van der Waals surface area contributed by atoms with Crippen LogP contribution in [0, 0.1) is 0 Å². The average molecular weight is 151 g/mol. The Morgan fingerprint density at radius 3 is 2.91 bits per heavy atom. The summed E-state index contributed by atoms with van der Waals surface area (Å²) in [6.45, 7) is 3.64. The lowest BCUT2D eigenvalue weighted by Gasteiger charge is -2.13. The lowest BCUT2D eigenvalue weighted by molar-refractivity contribution is 0.523. The number of aliphatic imine (C=N–C) groups is 1. The van der Waals surface area contributed by atoms with Gasteiger partial charge in [-0.2, -0.15) is 10.1 Å². The summed E-state index contributed by atoms with van der Waals surface area (Å²) in [7, 11) is 0. The smallest absolute Gasteiger partial charge is 0.235 e. The molecule has 0 unspecified atom stereocenters. The second kappa shape index (κ2) is 2.68. The number of nitrogens with one attached hydrogen (secondary N) is 1. The van der Waals surface area contributed by atoms with Crippen LogP contribution in [-0.2, 0) is 10.3 Å². The van der Waals surface area contributed by atoms with Gasteiger partial charge in [-0.05, 0) is 13.8 Å². The summed E-state index contributed by atoms with van der Waals surface area (Å²) in [6, 6.07) is 0. The van der Waals surface area contributed by atoms with Crippen molar-refractivity contribution in [1.29, 1.82) is 0 Å². The van der Waals surface area contributed by atoms with Crippen LogP contribution < -0.4 is 0 Å². The Bertz CT molecular complexity index is 270. The minimum absolute atomic E-state index is 0.519. The summed E-state index contributed by atoms with van der Waals surface area (Å²) in [5.74, 6) is 0. The Hall–Kier alpha value is -1.41. The molecule has 1 heterocycles. The summed E-state index contributed by atoms with van der Waals surface area (Å²) in [6.07, 6.45) is 4.88. The average Bonchev–Trinajstić information content (AvgIpc) is 2.37. The van der Waals surface area contributed by atoms with Gasteiger partial charge in [-0.1, -0.05) is 0 Å². The fourth-order valence-electron chi connectivity index (χ4n) is 0.764. The van der Waals surface area contributed by atoms with Gasteiger partial charge in [0.1, 0.15) is 0 Å². The van der Waals surface area contributed by atoms with E-state index in [0.717, 1.165) is 5.56 Å². The van der Waals surface area contributed by atoms with E-state index < -0.39 is 5.54 Å². The second-order valence-electron chi connectivity index (χ2n) is 2.75. The van der Waals surface area contributed by atoms with Crippen LogP contribution in [0.3, 0.4) is 0 Å². The van der Waals surface area contributed by atoms with Crippen molar-refractivity contribution in [3.63, 3.8) is 0 Å². The summed E-state index contributed by atoms with van der Waals surface area (Å²) in [5.41, 5.74) is 0.357. The molecule has 4 heteroatoms. The van der Waals surface area contributed by atoms with Gasteiger partial charge in [0, 0.05) is 11.8 Å². The highest BCUT2D eigenvalue weighted by molar-refractivity contribution is 5.36. The Morgan fingerprint density at radius 2 is 2.45 bits per heavy atom. The fraction of sp³-hybridized carbons (Fsp3) is 0.429. The van der Waals surface area contributed by atoms with Gasteiger partial charge in [0.15, 0.2) is 0 Å². The molecular weight excluding hydrogens is 142 g/mol. The molecule has 1 aromatic heterocycles. The van der Waals surface area contributed by atoms with Crippen molar-refractivity contribution in [2.75, 3.05) is 0 Å². The molecule has 1 N–H and O–H groups in total. The van der Waals surface area contributed by atoms with Crippen LogP contribution >= 0.6 is 0 Å². The van der Waals surface area contributed by atoms with Crippen molar-refractivity contribution in [1.82, 2.24) is 10.2 Å². The Kier molecular flexibility index (Phi) is 1.87. The first-order chi connectivity index (χ1) is 5.17. The molecule has 0 saturated heterocycles. The predicted octanol–water partition coefficient (Wildman–Crippen LogP) is 0.981. The zero-order chi connectivity index (χ0) is 8.32. The molecule has 58 valence electrons. The van der Waals surface area contributed by atoms with E-state index in [-0.39, 0.29) is 0 Å². The van der Waals surface area contributed by atoms with Gasteiger partial charge >= 0.3 is 0 Å². The molecule has 1 rings (SSSR count). The molecule has 0 radical (unpaired) electrons. The van der Waals surface area contributed by atoms with E-state index >= 15 is 0 Å². The highest BCUT2D eigenvalue weighted by Crippen LogP contribution is 2.21. The third-order valence-electron chi connectivity index (χ3n) is 1.53. The fourth-order valence-corrected chi connectivity index (χ4v) is 0.764. The number of carbonyl (C=O) groups excluding carboxylic acids is 1. The second-order valence-corrected chi connectivity index (χ2v) is 2.75. The lowest BCUT2D eigenvalue weighted by atomic mass is 9.99. The molecule has 1 aromatic rings. The van der Waals surface area contributed by atoms with Crippen LogP contribution in [0.1, 0.15) is 19.4 Å². The zero-order valence-corrected chi connectivity index (χ0v) is 6.46. The quantitative estimate of drug-likeness (QED) is 0.506. The summed E-state index contributed by atoms with van der Waals surface area (Å²) < 4.78 is 0. The van der Waals surface area contributed by atoms with Crippen molar-refractivity contribution < 1.29 is 4.79 Å². The van der Waals surface area contributed by atoms with Crippen LogP contribution in [0.25, 0.3) is 0 Å². The first-order valence-electron chi connectivity index (χ1n) is 3.25. The number of isocyanates is 1. The van der Waals surface area contributed by atoms with Gasteiger partial charge in [-0.3, -0.25) is 5.10 Å². The van der Waals surface area contributed by atoms with Crippen LogP contribution in [0.2, 0.25) is 0 Å². The topological polar surface area (TPSA) is 58.1 Å². The molecule has 0 aliphatic heterocycles. The van der Waals surface area contributed by atoms with Crippen LogP contribution in [-0.4, -0.2) is 16.3 Å². The summed E-state index contributed by atoms with van der Waals surface area (Å²) in [5, 5.41) is 6.41. The minimum atomic E-state index is -0.519. The molecule has 0 aliphatic rings. The van der Waals surface area contributed by atoms with Gasteiger partial charge in [0.05, 0.1) is 11.7 Å². The molecule has 0 bridgehead atoms. The first-order valence-corrected chi connectivity index (χ1v) is 3.25. The molecule has 4 nitrogen and oxygen atoms in total. The van der Waals surface area contributed by atoms with Crippen LogP contribution in [0.15, 0.2) is 17.4 Å². The number of hydrogen-bond donors (Lipinski definition) is 1. The summed E-state index contributed by atoms with van der Waals surface area (Å²) >= 11 is 0. The Labute approximate surface area is 64.3 Å². The van der Waals surface area contributed by atoms with Crippen molar-refractivity contribution >= 4 is 6.08 Å². The van der Waals surface area contributed by atoms with E-state index in [1.807, 2.05) is 13.8 Å². The molecule has 0 aromatic carbocycles. The molecule has 11 heavy (non-hydrogen) atoms. The Balaban J connectivity index is 2.99. The van der Waals surface area contributed by atoms with Gasteiger partial charge in [-0.25, -0.2) is 4.79 Å². The number of H-pyrrole nitrogens is 1. The third kappa shape index (κ3) is 1.53. The maximum atomic E-state index is 9.99. The normalized spacial score (nSPS) is 10.7. The molecule has 0 amide bonds. The minimum Gasteiger partial charge on any atom is -0.285 e. The highest BCUT2D eigenvalue weighted by Gasteiger charge is 2.19. The van der Waals surface area contributed by atoms with Gasteiger partial charge in [-0.15, -0.1) is 0 Å². The van der Waals surface area contributed by atoms with Crippen molar-refractivity contribution in [3.8, 4) is 0 Å². The number of rotatable bonds is 2. The lowest BCUT2D eigenvalue weighted by Crippen LogP contribution is -2.11. The van der Waals surface area contributed by atoms with Crippen molar-refractivity contribution in [3.05, 3.63) is 18.0 Å². The number of aromatic nitrogens is 2. The van der Waals surface area contributed by atoms with E-state index in [9.17, 15) is 4.79 Å². The Morgan fingerprint density at radius 1 is 1.73 bits per heavy atom. The molecule has 0 spiro atoms. The van der Waals surface area contributed by atoms with Gasteiger partial charge < -0.3 is 0 Å². The zero-order valence-electron chi connectivity index (χ0n) is 6.46.